The highest BCUT2D eigenvalue weighted by Gasteiger charge is 2.31. The van der Waals surface area contributed by atoms with Crippen LogP contribution in [0.3, 0.4) is 0 Å². The van der Waals surface area contributed by atoms with Gasteiger partial charge in [-0.3, -0.25) is 0 Å². The van der Waals surface area contributed by atoms with Gasteiger partial charge in [0, 0.05) is 18.8 Å². The molecule has 0 saturated heterocycles. The lowest BCUT2D eigenvalue weighted by molar-refractivity contribution is 0.624. The van der Waals surface area contributed by atoms with Crippen LogP contribution in [-0.4, -0.2) is 17.6 Å². The smallest absolute Gasteiger partial charge is 0.146 e. The van der Waals surface area contributed by atoms with Crippen molar-refractivity contribution in [3.05, 3.63) is 59.5 Å². The zero-order valence-electron chi connectivity index (χ0n) is 11.7. The molecule has 1 fully saturated rings. The van der Waals surface area contributed by atoms with E-state index in [1.807, 2.05) is 6.07 Å². The molecule has 1 aromatic heterocycles. The Morgan fingerprint density at radius 1 is 1.29 bits per heavy atom. The summed E-state index contributed by atoms with van der Waals surface area (Å²) in [6.45, 7) is 0.750. The lowest BCUT2D eigenvalue weighted by Gasteiger charge is -2.24. The van der Waals surface area contributed by atoms with Crippen LogP contribution in [0.1, 0.15) is 24.0 Å². The van der Waals surface area contributed by atoms with E-state index < -0.39 is 0 Å². The van der Waals surface area contributed by atoms with Gasteiger partial charge in [-0.25, -0.2) is 9.37 Å². The number of anilines is 1. The Morgan fingerprint density at radius 2 is 2.14 bits per heavy atom. The van der Waals surface area contributed by atoms with Crippen LogP contribution in [-0.2, 0) is 6.42 Å². The fourth-order valence-corrected chi connectivity index (χ4v) is 2.50. The van der Waals surface area contributed by atoms with E-state index >= 15 is 0 Å². The summed E-state index contributed by atoms with van der Waals surface area (Å²) in [7, 11) is 0. The van der Waals surface area contributed by atoms with Gasteiger partial charge >= 0.3 is 0 Å². The van der Waals surface area contributed by atoms with Crippen LogP contribution in [0.25, 0.3) is 0 Å². The third-order valence-electron chi connectivity index (χ3n) is 3.70. The number of nitrogens with zero attached hydrogens (tertiary/aromatic N) is 3. The van der Waals surface area contributed by atoms with E-state index in [-0.39, 0.29) is 5.82 Å². The van der Waals surface area contributed by atoms with Gasteiger partial charge in [0.2, 0.25) is 0 Å². The highest BCUT2D eigenvalue weighted by Crippen LogP contribution is 2.32. The molecule has 2 aromatic rings. The summed E-state index contributed by atoms with van der Waals surface area (Å²) < 4.78 is 13.2. The first-order valence-corrected chi connectivity index (χ1v) is 7.14. The number of hydrogen-bond donors (Lipinski definition) is 0. The average Bonchev–Trinajstić information content (AvgIpc) is 3.33. The van der Waals surface area contributed by atoms with Gasteiger partial charge in [0.1, 0.15) is 17.7 Å². The molecular weight excluding hydrogens is 265 g/mol. The minimum Gasteiger partial charge on any atom is -0.352 e. The number of hydrogen-bond acceptors (Lipinski definition) is 3. The predicted octanol–water partition coefficient (Wildman–Crippen LogP) is 3.30. The van der Waals surface area contributed by atoms with Gasteiger partial charge in [0.15, 0.2) is 0 Å². The Hall–Kier alpha value is -2.41. The molecule has 1 heterocycles. The fourth-order valence-electron chi connectivity index (χ4n) is 2.50. The van der Waals surface area contributed by atoms with E-state index in [1.54, 1.807) is 30.5 Å². The molecule has 3 rings (SSSR count). The Kier molecular flexibility index (Phi) is 3.83. The maximum absolute atomic E-state index is 13.2. The average molecular weight is 281 g/mol. The largest absolute Gasteiger partial charge is 0.352 e. The SMILES string of the molecule is N#Cc1cccnc1N(CCc1cccc(F)c1)C1CC1. The van der Waals surface area contributed by atoms with Crippen molar-refractivity contribution in [1.29, 1.82) is 5.26 Å². The van der Waals surface area contributed by atoms with E-state index in [2.05, 4.69) is 16.0 Å². The fraction of sp³-hybridized carbons (Fsp3) is 0.294. The minimum absolute atomic E-state index is 0.207. The standard InChI is InChI=1S/C17H16FN3/c18-15-5-1-3-13(11-15)8-10-21(16-6-7-16)17-14(12-19)4-2-9-20-17/h1-5,9,11,16H,6-8,10H2. The number of pyridine rings is 1. The molecule has 0 atom stereocenters. The van der Waals surface area contributed by atoms with E-state index in [9.17, 15) is 9.65 Å². The monoisotopic (exact) mass is 281 g/mol. The molecule has 21 heavy (non-hydrogen) atoms. The number of aromatic nitrogens is 1. The first-order chi connectivity index (χ1) is 10.3. The van der Waals surface area contributed by atoms with Crippen LogP contribution in [0.5, 0.6) is 0 Å². The Labute approximate surface area is 123 Å². The molecule has 0 aliphatic heterocycles. The van der Waals surface area contributed by atoms with Crippen LogP contribution >= 0.6 is 0 Å². The third kappa shape index (κ3) is 3.19. The van der Waals surface area contributed by atoms with Gasteiger partial charge in [-0.1, -0.05) is 12.1 Å². The number of nitriles is 1. The lowest BCUT2D eigenvalue weighted by Crippen LogP contribution is -2.29. The van der Waals surface area contributed by atoms with Gasteiger partial charge in [-0.2, -0.15) is 5.26 Å². The second-order valence-corrected chi connectivity index (χ2v) is 5.29. The summed E-state index contributed by atoms with van der Waals surface area (Å²) >= 11 is 0. The highest BCUT2D eigenvalue weighted by atomic mass is 19.1. The minimum atomic E-state index is -0.207. The molecule has 4 heteroatoms. The van der Waals surface area contributed by atoms with Gasteiger partial charge in [0.25, 0.3) is 0 Å². The van der Waals surface area contributed by atoms with Crippen molar-refractivity contribution >= 4 is 5.82 Å². The van der Waals surface area contributed by atoms with E-state index in [1.165, 1.54) is 6.07 Å². The van der Waals surface area contributed by atoms with Crippen molar-refractivity contribution in [2.45, 2.75) is 25.3 Å². The van der Waals surface area contributed by atoms with Gasteiger partial charge in [0.05, 0.1) is 5.56 Å². The molecule has 106 valence electrons. The highest BCUT2D eigenvalue weighted by molar-refractivity contribution is 5.55. The molecule has 1 aromatic carbocycles. The molecule has 0 spiro atoms. The van der Waals surface area contributed by atoms with Gasteiger partial charge in [-0.05, 0) is 49.1 Å². The molecule has 0 bridgehead atoms. The topological polar surface area (TPSA) is 39.9 Å². The van der Waals surface area contributed by atoms with Crippen molar-refractivity contribution in [1.82, 2.24) is 4.98 Å². The number of halogens is 1. The molecule has 3 nitrogen and oxygen atoms in total. The Bertz CT molecular complexity index is 674. The molecule has 1 aliphatic rings. The maximum Gasteiger partial charge on any atom is 0.146 e. The molecule has 0 unspecified atom stereocenters. The second-order valence-electron chi connectivity index (χ2n) is 5.29. The van der Waals surface area contributed by atoms with Crippen molar-refractivity contribution in [3.63, 3.8) is 0 Å². The first kappa shape index (κ1) is 13.6. The summed E-state index contributed by atoms with van der Waals surface area (Å²) in [6, 6.07) is 12.9. The first-order valence-electron chi connectivity index (χ1n) is 7.14. The van der Waals surface area contributed by atoms with Gasteiger partial charge in [-0.15, -0.1) is 0 Å². The van der Waals surface area contributed by atoms with E-state index in [4.69, 9.17) is 0 Å². The summed E-state index contributed by atoms with van der Waals surface area (Å²) in [5.74, 6) is 0.542. The van der Waals surface area contributed by atoms with Crippen LogP contribution in [0, 0.1) is 17.1 Å². The summed E-state index contributed by atoms with van der Waals surface area (Å²) in [6.07, 6.45) is 4.72. The van der Waals surface area contributed by atoms with Crippen molar-refractivity contribution in [2.75, 3.05) is 11.4 Å². The number of rotatable bonds is 5. The zero-order chi connectivity index (χ0) is 14.7. The third-order valence-corrected chi connectivity index (χ3v) is 3.70. The molecule has 0 radical (unpaired) electrons. The maximum atomic E-state index is 13.2. The van der Waals surface area contributed by atoms with E-state index in [0.29, 0.717) is 11.6 Å². The summed E-state index contributed by atoms with van der Waals surface area (Å²) in [4.78, 5) is 6.55. The van der Waals surface area contributed by atoms with Crippen LogP contribution in [0.15, 0.2) is 42.6 Å². The Morgan fingerprint density at radius 3 is 2.86 bits per heavy atom. The van der Waals surface area contributed by atoms with E-state index in [0.717, 1.165) is 37.2 Å². The molecule has 1 saturated carbocycles. The van der Waals surface area contributed by atoms with Crippen molar-refractivity contribution in [3.8, 4) is 6.07 Å². The quantitative estimate of drug-likeness (QED) is 0.844. The molecule has 0 amide bonds. The normalized spacial score (nSPS) is 13.7. The second kappa shape index (κ2) is 5.92. The van der Waals surface area contributed by atoms with Crippen LogP contribution in [0.4, 0.5) is 10.2 Å². The molecule has 1 aliphatic carbocycles. The summed E-state index contributed by atoms with van der Waals surface area (Å²) in [5, 5.41) is 9.22. The molecular formula is C17H16FN3. The van der Waals surface area contributed by atoms with Crippen LogP contribution < -0.4 is 4.90 Å². The zero-order valence-corrected chi connectivity index (χ0v) is 11.7. The number of benzene rings is 1. The van der Waals surface area contributed by atoms with Gasteiger partial charge < -0.3 is 4.90 Å². The molecule has 0 N–H and O–H groups in total. The van der Waals surface area contributed by atoms with Crippen molar-refractivity contribution < 1.29 is 4.39 Å². The van der Waals surface area contributed by atoms with Crippen molar-refractivity contribution in [2.24, 2.45) is 0 Å². The predicted molar refractivity (Wildman–Crippen MR) is 79.4 cm³/mol. The Balaban J connectivity index is 1.78. The lowest BCUT2D eigenvalue weighted by atomic mass is 10.1. The summed E-state index contributed by atoms with van der Waals surface area (Å²) in [5.41, 5.74) is 1.57. The van der Waals surface area contributed by atoms with Crippen LogP contribution in [0.2, 0.25) is 0 Å².